The van der Waals surface area contributed by atoms with Crippen molar-refractivity contribution in [3.05, 3.63) is 41.3 Å². The molecular formula is C15H17F2N3O. The van der Waals surface area contributed by atoms with Crippen LogP contribution in [0, 0.1) is 6.92 Å². The van der Waals surface area contributed by atoms with E-state index in [2.05, 4.69) is 15.1 Å². The molecule has 112 valence electrons. The molecule has 1 saturated carbocycles. The van der Waals surface area contributed by atoms with Crippen LogP contribution < -0.4 is 0 Å². The van der Waals surface area contributed by atoms with E-state index >= 15 is 0 Å². The number of aryl methyl sites for hydroxylation is 1. The molecule has 0 spiro atoms. The van der Waals surface area contributed by atoms with Crippen molar-refractivity contribution in [1.82, 2.24) is 15.1 Å². The van der Waals surface area contributed by atoms with Gasteiger partial charge < -0.3 is 4.52 Å². The fourth-order valence-corrected chi connectivity index (χ4v) is 2.84. The molecule has 0 amide bonds. The molecule has 4 nitrogen and oxygen atoms in total. The van der Waals surface area contributed by atoms with Gasteiger partial charge in [0.05, 0.1) is 0 Å². The highest BCUT2D eigenvalue weighted by molar-refractivity contribution is 5.18. The van der Waals surface area contributed by atoms with Crippen LogP contribution in [0.2, 0.25) is 0 Å². The van der Waals surface area contributed by atoms with E-state index in [0.29, 0.717) is 25.1 Å². The molecular weight excluding hydrogens is 276 g/mol. The number of hydrogen-bond donors (Lipinski definition) is 0. The molecule has 0 bridgehead atoms. The summed E-state index contributed by atoms with van der Waals surface area (Å²) in [5, 5.41) is 3.86. The van der Waals surface area contributed by atoms with Gasteiger partial charge in [-0.15, -0.1) is 0 Å². The second-order valence-electron chi connectivity index (χ2n) is 5.66. The summed E-state index contributed by atoms with van der Waals surface area (Å²) >= 11 is 0. The first-order chi connectivity index (χ1) is 10.1. The van der Waals surface area contributed by atoms with Crippen LogP contribution in [0.15, 0.2) is 22.9 Å². The molecule has 0 unspecified atom stereocenters. The molecule has 0 aromatic carbocycles. The number of alkyl halides is 2. The Kier molecular flexibility index (Phi) is 3.69. The summed E-state index contributed by atoms with van der Waals surface area (Å²) in [4.78, 5) is 8.41. The van der Waals surface area contributed by atoms with Crippen molar-refractivity contribution in [2.24, 2.45) is 0 Å². The first-order valence-corrected chi connectivity index (χ1v) is 7.13. The summed E-state index contributed by atoms with van der Waals surface area (Å²) in [6.07, 6.45) is 2.11. The molecule has 2 heterocycles. The maximum atomic E-state index is 13.4. The van der Waals surface area contributed by atoms with Gasteiger partial charge in [-0.3, -0.25) is 4.98 Å². The molecule has 0 N–H and O–H groups in total. The zero-order chi connectivity index (χ0) is 14.9. The number of nitrogens with zero attached hydrogens (tertiary/aromatic N) is 3. The van der Waals surface area contributed by atoms with Gasteiger partial charge >= 0.3 is 0 Å². The number of halogens is 2. The van der Waals surface area contributed by atoms with Gasteiger partial charge in [0.1, 0.15) is 5.41 Å². The lowest BCUT2D eigenvalue weighted by Gasteiger charge is -2.22. The quantitative estimate of drug-likeness (QED) is 0.866. The Labute approximate surface area is 121 Å². The topological polar surface area (TPSA) is 51.8 Å². The molecule has 1 aliphatic carbocycles. The van der Waals surface area contributed by atoms with Gasteiger partial charge in [0, 0.05) is 18.3 Å². The fraction of sp³-hybridized carbons (Fsp3) is 0.533. The normalized spacial score (nSPS) is 17.5. The summed E-state index contributed by atoms with van der Waals surface area (Å²) in [5.41, 5.74) is 0.622. The van der Waals surface area contributed by atoms with Gasteiger partial charge in [-0.1, -0.05) is 24.1 Å². The van der Waals surface area contributed by atoms with E-state index in [1.165, 1.54) is 0 Å². The minimum absolute atomic E-state index is 0.0880. The third kappa shape index (κ3) is 2.66. The SMILES string of the molecule is Cc1ccc(Cc2noc(C3(C(F)F)CCCC3)n2)cn1. The first kappa shape index (κ1) is 14.1. The molecule has 0 radical (unpaired) electrons. The molecule has 6 heteroatoms. The Morgan fingerprint density at radius 3 is 2.67 bits per heavy atom. The summed E-state index contributed by atoms with van der Waals surface area (Å²) in [6.45, 7) is 1.91. The third-order valence-electron chi connectivity index (χ3n) is 4.14. The molecule has 1 aliphatic rings. The Balaban J connectivity index is 1.81. The van der Waals surface area contributed by atoms with E-state index in [4.69, 9.17) is 4.52 Å². The minimum atomic E-state index is -2.46. The van der Waals surface area contributed by atoms with E-state index < -0.39 is 11.8 Å². The average Bonchev–Trinajstić information content (AvgIpc) is 3.11. The number of rotatable bonds is 4. The molecule has 21 heavy (non-hydrogen) atoms. The van der Waals surface area contributed by atoms with Crippen molar-refractivity contribution >= 4 is 0 Å². The smallest absolute Gasteiger partial charge is 0.252 e. The third-order valence-corrected chi connectivity index (χ3v) is 4.14. The number of pyridine rings is 1. The lowest BCUT2D eigenvalue weighted by Crippen LogP contribution is -2.31. The Morgan fingerprint density at radius 2 is 2.05 bits per heavy atom. The molecule has 2 aromatic heterocycles. The predicted molar refractivity (Wildman–Crippen MR) is 72.2 cm³/mol. The maximum absolute atomic E-state index is 13.4. The van der Waals surface area contributed by atoms with Crippen LogP contribution in [-0.2, 0) is 11.8 Å². The van der Waals surface area contributed by atoms with E-state index in [0.717, 1.165) is 24.1 Å². The van der Waals surface area contributed by atoms with Crippen LogP contribution in [0.25, 0.3) is 0 Å². The molecule has 3 rings (SSSR count). The summed E-state index contributed by atoms with van der Waals surface area (Å²) < 4.78 is 32.0. The van der Waals surface area contributed by atoms with E-state index in [-0.39, 0.29) is 5.89 Å². The summed E-state index contributed by atoms with van der Waals surface area (Å²) in [7, 11) is 0. The first-order valence-electron chi connectivity index (χ1n) is 7.13. The van der Waals surface area contributed by atoms with Crippen LogP contribution >= 0.6 is 0 Å². The highest BCUT2D eigenvalue weighted by Gasteiger charge is 2.48. The van der Waals surface area contributed by atoms with Crippen molar-refractivity contribution in [3.63, 3.8) is 0 Å². The number of hydrogen-bond acceptors (Lipinski definition) is 4. The molecule has 0 aliphatic heterocycles. The Morgan fingerprint density at radius 1 is 1.29 bits per heavy atom. The largest absolute Gasteiger partial charge is 0.338 e. The predicted octanol–water partition coefficient (Wildman–Crippen LogP) is 3.44. The highest BCUT2D eigenvalue weighted by Crippen LogP contribution is 2.44. The van der Waals surface area contributed by atoms with Crippen molar-refractivity contribution in [3.8, 4) is 0 Å². The van der Waals surface area contributed by atoms with Gasteiger partial charge in [-0.2, -0.15) is 4.98 Å². The summed E-state index contributed by atoms with van der Waals surface area (Å²) in [5.74, 6) is 0.521. The summed E-state index contributed by atoms with van der Waals surface area (Å²) in [6, 6.07) is 3.82. The monoisotopic (exact) mass is 293 g/mol. The molecule has 0 saturated heterocycles. The standard InChI is InChI=1S/C15H17F2N3O/c1-10-4-5-11(9-18-10)8-12-19-14(21-20-12)15(13(16)17)6-2-3-7-15/h4-5,9,13H,2-3,6-8H2,1H3. The van der Waals surface area contributed by atoms with Crippen LogP contribution in [0.4, 0.5) is 8.78 Å². The van der Waals surface area contributed by atoms with Crippen molar-refractivity contribution in [2.45, 2.75) is 50.9 Å². The second-order valence-corrected chi connectivity index (χ2v) is 5.66. The van der Waals surface area contributed by atoms with Gasteiger partial charge in [-0.05, 0) is 31.4 Å². The Hall–Kier alpha value is -1.85. The zero-order valence-electron chi connectivity index (χ0n) is 11.9. The molecule has 2 aromatic rings. The van der Waals surface area contributed by atoms with Crippen LogP contribution in [0.1, 0.15) is 48.7 Å². The van der Waals surface area contributed by atoms with Crippen LogP contribution in [0.5, 0.6) is 0 Å². The van der Waals surface area contributed by atoms with Crippen molar-refractivity contribution in [1.29, 1.82) is 0 Å². The fourth-order valence-electron chi connectivity index (χ4n) is 2.84. The lowest BCUT2D eigenvalue weighted by atomic mass is 9.86. The Bertz CT molecular complexity index is 604. The van der Waals surface area contributed by atoms with E-state index in [9.17, 15) is 8.78 Å². The van der Waals surface area contributed by atoms with Crippen molar-refractivity contribution < 1.29 is 13.3 Å². The number of aromatic nitrogens is 3. The van der Waals surface area contributed by atoms with Gasteiger partial charge in [0.2, 0.25) is 5.89 Å². The zero-order valence-corrected chi connectivity index (χ0v) is 11.9. The van der Waals surface area contributed by atoms with E-state index in [1.54, 1.807) is 6.20 Å². The second kappa shape index (κ2) is 5.50. The van der Waals surface area contributed by atoms with E-state index in [1.807, 2.05) is 19.1 Å². The lowest BCUT2D eigenvalue weighted by molar-refractivity contribution is 0.0328. The van der Waals surface area contributed by atoms with Gasteiger partial charge in [0.15, 0.2) is 5.82 Å². The van der Waals surface area contributed by atoms with Crippen LogP contribution in [0.3, 0.4) is 0 Å². The van der Waals surface area contributed by atoms with Gasteiger partial charge in [-0.25, -0.2) is 8.78 Å². The van der Waals surface area contributed by atoms with Crippen LogP contribution in [-0.4, -0.2) is 21.6 Å². The molecule has 0 atom stereocenters. The maximum Gasteiger partial charge on any atom is 0.252 e. The minimum Gasteiger partial charge on any atom is -0.338 e. The van der Waals surface area contributed by atoms with Gasteiger partial charge in [0.25, 0.3) is 6.43 Å². The van der Waals surface area contributed by atoms with Crippen molar-refractivity contribution in [2.75, 3.05) is 0 Å². The molecule has 1 fully saturated rings. The highest BCUT2D eigenvalue weighted by atomic mass is 19.3. The average molecular weight is 293 g/mol.